The topological polar surface area (TPSA) is 88.9 Å². The minimum Gasteiger partial charge on any atom is -0.333 e. The van der Waals surface area contributed by atoms with E-state index in [2.05, 4.69) is 20.7 Å². The first kappa shape index (κ1) is 19.4. The smallest absolute Gasteiger partial charge is 0.321 e. The van der Waals surface area contributed by atoms with Gasteiger partial charge in [0.05, 0.1) is 10.9 Å². The highest BCUT2D eigenvalue weighted by atomic mass is 32.2. The number of amides is 3. The molecule has 1 saturated carbocycles. The van der Waals surface area contributed by atoms with Gasteiger partial charge in [-0.1, -0.05) is 30.0 Å². The zero-order valence-corrected chi connectivity index (χ0v) is 16.8. The first-order valence-electron chi connectivity index (χ1n) is 9.05. The molecule has 0 bridgehead atoms. The average molecular weight is 388 g/mol. The summed E-state index contributed by atoms with van der Waals surface area (Å²) in [5.41, 5.74) is 0.552. The first-order valence-corrected chi connectivity index (χ1v) is 9.93. The standard InChI is InChI=1S/C19H25N5O2S/c1-12(16(25)21-17(26)22-19(2,3)4)27-18-20-15(13-10-11-13)24(23-18)14-8-6-5-7-9-14/h5-9,12-13H,10-11H2,1-4H3,(H2,21,22,25,26)/t12-/m1/s1. The van der Waals surface area contributed by atoms with E-state index in [9.17, 15) is 9.59 Å². The monoisotopic (exact) mass is 387 g/mol. The lowest BCUT2D eigenvalue weighted by Crippen LogP contribution is -2.49. The van der Waals surface area contributed by atoms with Crippen molar-refractivity contribution in [3.63, 3.8) is 0 Å². The maximum atomic E-state index is 12.3. The van der Waals surface area contributed by atoms with Crippen molar-refractivity contribution in [1.29, 1.82) is 0 Å². The van der Waals surface area contributed by atoms with Crippen LogP contribution < -0.4 is 10.6 Å². The minimum absolute atomic E-state index is 0.370. The fourth-order valence-corrected chi connectivity index (χ4v) is 3.27. The van der Waals surface area contributed by atoms with Crippen LogP contribution in [0.5, 0.6) is 0 Å². The van der Waals surface area contributed by atoms with Crippen molar-refractivity contribution >= 4 is 23.7 Å². The van der Waals surface area contributed by atoms with Gasteiger partial charge in [0.1, 0.15) is 5.82 Å². The van der Waals surface area contributed by atoms with Gasteiger partial charge in [-0.2, -0.15) is 0 Å². The Balaban J connectivity index is 1.68. The second-order valence-electron chi connectivity index (χ2n) is 7.73. The summed E-state index contributed by atoms with van der Waals surface area (Å²) in [6, 6.07) is 9.36. The van der Waals surface area contributed by atoms with E-state index in [1.165, 1.54) is 11.8 Å². The predicted molar refractivity (Wildman–Crippen MR) is 105 cm³/mol. The zero-order valence-electron chi connectivity index (χ0n) is 16.0. The maximum absolute atomic E-state index is 12.3. The Morgan fingerprint density at radius 1 is 1.22 bits per heavy atom. The number of rotatable bonds is 5. The fourth-order valence-electron chi connectivity index (χ4n) is 2.52. The highest BCUT2D eigenvalue weighted by molar-refractivity contribution is 8.00. The van der Waals surface area contributed by atoms with Gasteiger partial charge >= 0.3 is 6.03 Å². The van der Waals surface area contributed by atoms with Gasteiger partial charge in [-0.3, -0.25) is 10.1 Å². The molecule has 7 nitrogen and oxygen atoms in total. The lowest BCUT2D eigenvalue weighted by molar-refractivity contribution is -0.119. The van der Waals surface area contributed by atoms with Crippen molar-refractivity contribution < 1.29 is 9.59 Å². The number of thioether (sulfide) groups is 1. The normalized spacial score (nSPS) is 15.3. The van der Waals surface area contributed by atoms with E-state index in [4.69, 9.17) is 0 Å². The number of carbonyl (C=O) groups is 2. The summed E-state index contributed by atoms with van der Waals surface area (Å²) in [5, 5.41) is 9.72. The highest BCUT2D eigenvalue weighted by Crippen LogP contribution is 2.40. The van der Waals surface area contributed by atoms with Crippen LogP contribution in [0.2, 0.25) is 0 Å². The number of para-hydroxylation sites is 1. The molecule has 0 saturated heterocycles. The van der Waals surface area contributed by atoms with E-state index in [0.717, 1.165) is 24.4 Å². The Morgan fingerprint density at radius 3 is 2.48 bits per heavy atom. The number of hydrogen-bond acceptors (Lipinski definition) is 5. The van der Waals surface area contributed by atoms with Gasteiger partial charge in [0.15, 0.2) is 0 Å². The van der Waals surface area contributed by atoms with E-state index < -0.39 is 16.8 Å². The second-order valence-corrected chi connectivity index (χ2v) is 9.04. The molecule has 0 spiro atoms. The van der Waals surface area contributed by atoms with E-state index >= 15 is 0 Å². The summed E-state index contributed by atoms with van der Waals surface area (Å²) in [6.07, 6.45) is 2.22. The molecule has 8 heteroatoms. The summed E-state index contributed by atoms with van der Waals surface area (Å²) in [7, 11) is 0. The Bertz CT molecular complexity index is 824. The van der Waals surface area contributed by atoms with E-state index in [-0.39, 0.29) is 5.91 Å². The predicted octanol–water partition coefficient (Wildman–Crippen LogP) is 3.25. The van der Waals surface area contributed by atoms with Crippen LogP contribution in [0.15, 0.2) is 35.5 Å². The third-order valence-corrected chi connectivity index (χ3v) is 4.88. The van der Waals surface area contributed by atoms with Crippen LogP contribution in [0.3, 0.4) is 0 Å². The molecular formula is C19H25N5O2S. The summed E-state index contributed by atoms with van der Waals surface area (Å²) >= 11 is 1.25. The molecule has 0 radical (unpaired) electrons. The second kappa shape index (κ2) is 7.72. The van der Waals surface area contributed by atoms with E-state index in [1.807, 2.05) is 55.8 Å². The number of benzene rings is 1. The molecule has 0 aliphatic heterocycles. The number of aromatic nitrogens is 3. The summed E-state index contributed by atoms with van der Waals surface area (Å²) in [4.78, 5) is 28.8. The van der Waals surface area contributed by atoms with Crippen molar-refractivity contribution in [2.45, 2.75) is 62.4 Å². The third-order valence-electron chi connectivity index (χ3n) is 3.93. The SMILES string of the molecule is C[C@@H](Sc1nc(C2CC2)n(-c2ccccc2)n1)C(=O)NC(=O)NC(C)(C)C. The van der Waals surface area contributed by atoms with E-state index in [0.29, 0.717) is 11.1 Å². The van der Waals surface area contributed by atoms with Crippen molar-refractivity contribution in [2.75, 3.05) is 0 Å². The Kier molecular flexibility index (Phi) is 5.55. The van der Waals surface area contributed by atoms with Crippen LogP contribution in [0.25, 0.3) is 5.69 Å². The molecule has 27 heavy (non-hydrogen) atoms. The van der Waals surface area contributed by atoms with Crippen LogP contribution in [-0.2, 0) is 4.79 Å². The van der Waals surface area contributed by atoms with Crippen molar-refractivity contribution in [3.05, 3.63) is 36.2 Å². The molecule has 3 amide bonds. The largest absolute Gasteiger partial charge is 0.333 e. The van der Waals surface area contributed by atoms with Crippen molar-refractivity contribution in [3.8, 4) is 5.69 Å². The molecular weight excluding hydrogens is 362 g/mol. The van der Waals surface area contributed by atoms with Crippen molar-refractivity contribution in [1.82, 2.24) is 25.4 Å². The average Bonchev–Trinajstić information content (AvgIpc) is 3.34. The Morgan fingerprint density at radius 2 is 1.89 bits per heavy atom. The Hall–Kier alpha value is -2.35. The Labute approximate surface area is 163 Å². The van der Waals surface area contributed by atoms with Crippen LogP contribution in [-0.4, -0.2) is 37.5 Å². The number of nitrogens with one attached hydrogen (secondary N) is 2. The van der Waals surface area contributed by atoms with Crippen molar-refractivity contribution in [2.24, 2.45) is 0 Å². The fraction of sp³-hybridized carbons (Fsp3) is 0.474. The molecule has 1 atom stereocenters. The third kappa shape index (κ3) is 5.32. The number of nitrogens with zero attached hydrogens (tertiary/aromatic N) is 3. The summed E-state index contributed by atoms with van der Waals surface area (Å²) in [5.74, 6) is 0.987. The molecule has 2 aromatic rings. The lowest BCUT2D eigenvalue weighted by atomic mass is 10.1. The number of imide groups is 1. The summed E-state index contributed by atoms with van der Waals surface area (Å²) in [6.45, 7) is 7.31. The van der Waals surface area contributed by atoms with Crippen LogP contribution >= 0.6 is 11.8 Å². The molecule has 0 unspecified atom stereocenters. The van der Waals surface area contributed by atoms with Gasteiger partial charge in [-0.05, 0) is 52.7 Å². The molecule has 1 aromatic carbocycles. The zero-order chi connectivity index (χ0) is 19.6. The quantitative estimate of drug-likeness (QED) is 0.769. The first-order chi connectivity index (χ1) is 12.7. The number of urea groups is 1. The molecule has 1 aliphatic rings. The molecule has 1 fully saturated rings. The molecule has 3 rings (SSSR count). The van der Waals surface area contributed by atoms with Gasteiger partial charge in [0.25, 0.3) is 0 Å². The molecule has 2 N–H and O–H groups in total. The van der Waals surface area contributed by atoms with E-state index in [1.54, 1.807) is 6.92 Å². The molecule has 1 heterocycles. The number of carbonyl (C=O) groups excluding carboxylic acids is 2. The van der Waals surface area contributed by atoms with Crippen LogP contribution in [0.1, 0.15) is 52.3 Å². The van der Waals surface area contributed by atoms with Gasteiger partial charge in [0.2, 0.25) is 11.1 Å². The van der Waals surface area contributed by atoms with Gasteiger partial charge in [-0.15, -0.1) is 5.10 Å². The van der Waals surface area contributed by atoms with Crippen LogP contribution in [0, 0.1) is 0 Å². The van der Waals surface area contributed by atoms with Gasteiger partial charge in [0, 0.05) is 11.5 Å². The minimum atomic E-state index is -0.499. The summed E-state index contributed by atoms with van der Waals surface area (Å²) < 4.78 is 1.86. The molecule has 1 aromatic heterocycles. The van der Waals surface area contributed by atoms with Crippen LogP contribution in [0.4, 0.5) is 4.79 Å². The molecule has 144 valence electrons. The highest BCUT2D eigenvalue weighted by Gasteiger charge is 2.31. The maximum Gasteiger partial charge on any atom is 0.321 e. The van der Waals surface area contributed by atoms with Gasteiger partial charge in [-0.25, -0.2) is 14.5 Å². The lowest BCUT2D eigenvalue weighted by Gasteiger charge is -2.20. The number of hydrogen-bond donors (Lipinski definition) is 2. The van der Waals surface area contributed by atoms with Gasteiger partial charge < -0.3 is 5.32 Å². The molecule has 1 aliphatic carbocycles.